The molecule has 3 amide bonds. The number of methoxy groups -OCH3 is 1. The minimum atomic E-state index is -4.59. The van der Waals surface area contributed by atoms with Crippen LogP contribution in [0, 0.1) is 0 Å². The lowest BCUT2D eigenvalue weighted by molar-refractivity contribution is -0.229. The van der Waals surface area contributed by atoms with E-state index in [0.29, 0.717) is 30.4 Å². The molecule has 5 unspecified atom stereocenters. The van der Waals surface area contributed by atoms with E-state index in [1.807, 2.05) is 11.8 Å². The Bertz CT molecular complexity index is 1490. The van der Waals surface area contributed by atoms with Crippen LogP contribution in [0.1, 0.15) is 82.4 Å². The quantitative estimate of drug-likeness (QED) is 0.0616. The number of thioether (sulfide) groups is 1. The van der Waals surface area contributed by atoms with Gasteiger partial charge in [-0.05, 0) is 31.8 Å². The Morgan fingerprint density at radius 1 is 1.10 bits per heavy atom. The summed E-state index contributed by atoms with van der Waals surface area (Å²) in [6, 6.07) is 0.363. The normalized spacial score (nSPS) is 26.0. The Hall–Kier alpha value is -2.79. The zero-order valence-electron chi connectivity index (χ0n) is 27.9. The third-order valence-electron chi connectivity index (χ3n) is 8.78. The molecule has 16 nitrogen and oxygen atoms in total. The number of ketones is 1. The molecular formula is C31H47N5O11PS-. The van der Waals surface area contributed by atoms with Gasteiger partial charge in [0.1, 0.15) is 18.1 Å². The molecule has 3 fully saturated rings. The molecule has 0 saturated carbocycles. The number of amides is 3. The van der Waals surface area contributed by atoms with Crippen molar-refractivity contribution >= 4 is 43.4 Å². The number of nitrogens with zero attached hydrogens (tertiary/aromatic N) is 1. The van der Waals surface area contributed by atoms with Gasteiger partial charge in [0.15, 0.2) is 0 Å². The van der Waals surface area contributed by atoms with Crippen LogP contribution in [-0.2, 0) is 32.7 Å². The van der Waals surface area contributed by atoms with Crippen molar-refractivity contribution in [2.75, 3.05) is 33.1 Å². The van der Waals surface area contributed by atoms with Crippen LogP contribution in [0.2, 0.25) is 0 Å². The van der Waals surface area contributed by atoms with Crippen molar-refractivity contribution in [3.63, 3.8) is 0 Å². The fourth-order valence-electron chi connectivity index (χ4n) is 6.19. The number of rotatable bonds is 21. The zero-order valence-corrected chi connectivity index (χ0v) is 29.6. The third kappa shape index (κ3) is 11.9. The fraction of sp³-hybridized carbons (Fsp3) is 0.710. The van der Waals surface area contributed by atoms with Crippen molar-refractivity contribution in [2.45, 2.75) is 106 Å². The highest BCUT2D eigenvalue weighted by atomic mass is 32.2. The van der Waals surface area contributed by atoms with E-state index >= 15 is 0 Å². The Morgan fingerprint density at radius 2 is 1.84 bits per heavy atom. The smallest absolute Gasteiger partial charge is 0.330 e. The van der Waals surface area contributed by atoms with E-state index in [1.165, 1.54) is 25.5 Å². The summed E-state index contributed by atoms with van der Waals surface area (Å²) in [4.78, 5) is 75.1. The molecule has 1 aromatic heterocycles. The number of carbonyl (C=O) groups is 3. The number of H-pyrrole nitrogens is 1. The summed E-state index contributed by atoms with van der Waals surface area (Å²) in [6.07, 6.45) is 9.35. The lowest BCUT2D eigenvalue weighted by atomic mass is 10.0. The predicted molar refractivity (Wildman–Crippen MR) is 180 cm³/mol. The van der Waals surface area contributed by atoms with Crippen molar-refractivity contribution < 1.29 is 42.4 Å². The minimum Gasteiger partial charge on any atom is -0.756 e. The number of aromatic nitrogens is 2. The molecule has 49 heavy (non-hydrogen) atoms. The molecule has 3 saturated heterocycles. The Labute approximate surface area is 289 Å². The van der Waals surface area contributed by atoms with Gasteiger partial charge in [0.2, 0.25) is 5.91 Å². The Kier molecular flexibility index (Phi) is 15.1. The van der Waals surface area contributed by atoms with E-state index in [0.717, 1.165) is 68.8 Å². The van der Waals surface area contributed by atoms with Crippen LogP contribution < -0.4 is 32.1 Å². The first-order chi connectivity index (χ1) is 23.5. The molecule has 18 heteroatoms. The largest absolute Gasteiger partial charge is 0.756 e. The number of fused-ring (bicyclic) bond motifs is 1. The van der Waals surface area contributed by atoms with Gasteiger partial charge in [-0.3, -0.25) is 28.5 Å². The van der Waals surface area contributed by atoms with E-state index < -0.39 is 43.4 Å². The van der Waals surface area contributed by atoms with Crippen LogP contribution >= 0.6 is 19.6 Å². The average Bonchev–Trinajstić information content (AvgIpc) is 3.74. The molecule has 0 spiro atoms. The number of phosphoric acid groups is 1. The highest BCUT2D eigenvalue weighted by molar-refractivity contribution is 8.00. The van der Waals surface area contributed by atoms with Crippen molar-refractivity contribution in [2.24, 2.45) is 0 Å². The van der Waals surface area contributed by atoms with Crippen LogP contribution in [0.25, 0.3) is 6.08 Å². The van der Waals surface area contributed by atoms with Gasteiger partial charge in [-0.25, -0.2) is 9.59 Å². The maximum atomic E-state index is 12.5. The Balaban J connectivity index is 1.09. The fourth-order valence-corrected chi connectivity index (χ4v) is 8.37. The summed E-state index contributed by atoms with van der Waals surface area (Å²) in [7, 11) is -2.23. The lowest BCUT2D eigenvalue weighted by Gasteiger charge is -2.26. The number of aromatic amines is 1. The molecule has 274 valence electrons. The first-order valence-electron chi connectivity index (χ1n) is 16.7. The number of Topliss-reactive ketones (excluding diaryl/α,β-unsaturated/α-hetero) is 1. The summed E-state index contributed by atoms with van der Waals surface area (Å²) >= 11 is 1.89. The standard InChI is InChI=1S/C31H48N5O11PS/c1-44-18-24-23(47-48(42,43)45-2)16-27(46-24)36-17-20(29(39)35-31(36)41)13-14-26(38)32-15-9-5-3-4-6-10-21(37)11-7-8-12-25-28-22(19-49-25)33-30(40)34-28/h13-14,17,22-25,27-28H,3-12,15-16,18-19H2,1-2H3,(H,32,38)(H,42,43)(H2,33,34,40)(H,35,39,41)/p-1/b14-13+/t22?,23?,24-,25?,27-,28?/m1/s1. The summed E-state index contributed by atoms with van der Waals surface area (Å²) in [6.45, 7) is 0.432. The molecule has 0 radical (unpaired) electrons. The number of unbranched alkanes of at least 4 members (excludes halogenated alkanes) is 5. The number of urea groups is 1. The van der Waals surface area contributed by atoms with Gasteiger partial charge in [0, 0.05) is 63.3 Å². The van der Waals surface area contributed by atoms with Gasteiger partial charge >= 0.3 is 11.7 Å². The van der Waals surface area contributed by atoms with Crippen LogP contribution in [-0.4, -0.2) is 89.9 Å². The molecule has 1 aromatic rings. The highest BCUT2D eigenvalue weighted by Crippen LogP contribution is 2.44. The van der Waals surface area contributed by atoms with Gasteiger partial charge in [-0.1, -0.05) is 25.7 Å². The topological polar surface area (TPSA) is 219 Å². The molecule has 4 N–H and O–H groups in total. The van der Waals surface area contributed by atoms with E-state index in [4.69, 9.17) is 14.0 Å². The van der Waals surface area contributed by atoms with E-state index in [9.17, 15) is 33.4 Å². The molecule has 7 atom stereocenters. The molecule has 4 heterocycles. The zero-order chi connectivity index (χ0) is 35.4. The first kappa shape index (κ1) is 39.0. The molecule has 4 rings (SSSR count). The molecule has 0 aliphatic carbocycles. The first-order valence-corrected chi connectivity index (χ1v) is 19.2. The van der Waals surface area contributed by atoms with Crippen LogP contribution in [0.4, 0.5) is 4.79 Å². The van der Waals surface area contributed by atoms with Crippen molar-refractivity contribution in [3.8, 4) is 0 Å². The molecule has 3 aliphatic rings. The average molecular weight is 729 g/mol. The van der Waals surface area contributed by atoms with E-state index in [2.05, 4.69) is 25.5 Å². The number of ether oxygens (including phenoxy) is 2. The van der Waals surface area contributed by atoms with Gasteiger partial charge in [-0.15, -0.1) is 0 Å². The van der Waals surface area contributed by atoms with Crippen LogP contribution in [0.3, 0.4) is 0 Å². The second kappa shape index (κ2) is 19.0. The third-order valence-corrected chi connectivity index (χ3v) is 11.3. The van der Waals surface area contributed by atoms with Gasteiger partial charge < -0.3 is 39.4 Å². The van der Waals surface area contributed by atoms with E-state index in [-0.39, 0.29) is 36.7 Å². The molecular weight excluding hydrogens is 681 g/mol. The van der Waals surface area contributed by atoms with Gasteiger partial charge in [0.25, 0.3) is 13.4 Å². The van der Waals surface area contributed by atoms with E-state index in [1.54, 1.807) is 0 Å². The summed E-state index contributed by atoms with van der Waals surface area (Å²) in [5, 5.41) is 9.14. The number of hydrogen-bond acceptors (Lipinski definition) is 12. The van der Waals surface area contributed by atoms with Crippen molar-refractivity contribution in [1.29, 1.82) is 0 Å². The summed E-state index contributed by atoms with van der Waals surface area (Å²) < 4.78 is 33.2. The van der Waals surface area contributed by atoms with Crippen molar-refractivity contribution in [3.05, 3.63) is 38.7 Å². The molecule has 3 aliphatic heterocycles. The number of nitrogens with one attached hydrogen (secondary N) is 4. The summed E-state index contributed by atoms with van der Waals surface area (Å²) in [5.41, 5.74) is -1.46. The summed E-state index contributed by atoms with van der Waals surface area (Å²) in [5.74, 6) is 0.832. The number of hydrogen-bond donors (Lipinski definition) is 4. The number of carbonyl (C=O) groups excluding carboxylic acids is 3. The predicted octanol–water partition coefficient (Wildman–Crippen LogP) is 1.74. The SMILES string of the molecule is COC[C@H]1O[C@@H](n2cc(/C=C/C(=O)NCCCCCCCC(=O)CCCCC3SCC4NC(=O)NC43)c(=O)[nH]c2=O)CC1OP(=O)([O-])OC. The van der Waals surface area contributed by atoms with Crippen LogP contribution in [0.5, 0.6) is 0 Å². The Morgan fingerprint density at radius 3 is 2.59 bits per heavy atom. The maximum Gasteiger partial charge on any atom is 0.330 e. The van der Waals surface area contributed by atoms with Crippen LogP contribution in [0.15, 0.2) is 21.9 Å². The van der Waals surface area contributed by atoms with Crippen molar-refractivity contribution in [1.82, 2.24) is 25.5 Å². The maximum absolute atomic E-state index is 12.5. The lowest BCUT2D eigenvalue weighted by Crippen LogP contribution is -2.36. The second-order valence-electron chi connectivity index (χ2n) is 12.4. The second-order valence-corrected chi connectivity index (χ2v) is 15.1. The monoisotopic (exact) mass is 728 g/mol. The minimum absolute atomic E-state index is 0.0142. The highest BCUT2D eigenvalue weighted by Gasteiger charge is 2.42. The molecule has 0 aromatic carbocycles. The number of phosphoric ester groups is 1. The van der Waals surface area contributed by atoms with Gasteiger partial charge in [-0.2, -0.15) is 11.8 Å². The molecule has 0 bridgehead atoms. The van der Waals surface area contributed by atoms with Gasteiger partial charge in [0.05, 0.1) is 30.4 Å².